The Bertz CT molecular complexity index is 587. The first kappa shape index (κ1) is 10.5. The van der Waals surface area contributed by atoms with Gasteiger partial charge in [-0.2, -0.15) is 4.68 Å². The zero-order valence-corrected chi connectivity index (χ0v) is 9.69. The summed E-state index contributed by atoms with van der Waals surface area (Å²) in [5, 5.41) is 8.25. The molecule has 0 saturated heterocycles. The molecule has 1 heterocycles. The van der Waals surface area contributed by atoms with E-state index in [0.29, 0.717) is 11.5 Å². The van der Waals surface area contributed by atoms with Crippen molar-refractivity contribution < 1.29 is 0 Å². The zero-order chi connectivity index (χ0) is 12.4. The van der Waals surface area contributed by atoms with Crippen molar-refractivity contribution in [3.8, 4) is 16.9 Å². The van der Waals surface area contributed by atoms with Gasteiger partial charge in [-0.3, -0.25) is 0 Å². The van der Waals surface area contributed by atoms with Gasteiger partial charge >= 0.3 is 0 Å². The highest BCUT2D eigenvalue weighted by atomic mass is 15.5. The first-order valence-corrected chi connectivity index (χ1v) is 5.68. The monoisotopic (exact) mass is 236 g/mol. The quantitative estimate of drug-likeness (QED) is 0.743. The van der Waals surface area contributed by atoms with Crippen molar-refractivity contribution in [2.75, 3.05) is 5.73 Å². The maximum Gasteiger partial charge on any atom is 0.155 e. The van der Waals surface area contributed by atoms with Gasteiger partial charge in [0.1, 0.15) is 5.69 Å². The maximum atomic E-state index is 6.11. The summed E-state index contributed by atoms with van der Waals surface area (Å²) in [6.45, 7) is 0. The number of hydrogen-bond donors (Lipinski definition) is 1. The number of nitrogen functional groups attached to an aromatic ring is 1. The van der Waals surface area contributed by atoms with Gasteiger partial charge in [-0.25, -0.2) is 0 Å². The van der Waals surface area contributed by atoms with Gasteiger partial charge in [-0.05, 0) is 12.1 Å². The predicted molar refractivity (Wildman–Crippen MR) is 71.2 cm³/mol. The Labute approximate surface area is 105 Å². The molecule has 0 fully saturated rings. The summed E-state index contributed by atoms with van der Waals surface area (Å²) in [5.41, 5.74) is 8.69. The molecule has 0 radical (unpaired) electrons. The van der Waals surface area contributed by atoms with Crippen LogP contribution in [-0.4, -0.2) is 15.0 Å². The van der Waals surface area contributed by atoms with Crippen molar-refractivity contribution in [2.24, 2.45) is 0 Å². The zero-order valence-electron chi connectivity index (χ0n) is 9.69. The molecule has 18 heavy (non-hydrogen) atoms. The van der Waals surface area contributed by atoms with Gasteiger partial charge in [0.15, 0.2) is 5.82 Å². The largest absolute Gasteiger partial charge is 0.382 e. The van der Waals surface area contributed by atoms with Gasteiger partial charge in [0.05, 0.1) is 5.69 Å². The minimum absolute atomic E-state index is 0.549. The summed E-state index contributed by atoms with van der Waals surface area (Å²) in [7, 11) is 0. The Morgan fingerprint density at radius 1 is 0.833 bits per heavy atom. The Morgan fingerprint density at radius 2 is 1.44 bits per heavy atom. The van der Waals surface area contributed by atoms with E-state index in [0.717, 1.165) is 11.3 Å². The molecule has 0 bridgehead atoms. The van der Waals surface area contributed by atoms with Crippen LogP contribution in [-0.2, 0) is 0 Å². The van der Waals surface area contributed by atoms with Crippen molar-refractivity contribution in [3.63, 3.8) is 0 Å². The smallest absolute Gasteiger partial charge is 0.155 e. The van der Waals surface area contributed by atoms with Crippen molar-refractivity contribution in [2.45, 2.75) is 0 Å². The molecule has 0 atom stereocenters. The molecule has 88 valence electrons. The fourth-order valence-corrected chi connectivity index (χ4v) is 1.85. The molecular formula is C14H12N4. The van der Waals surface area contributed by atoms with E-state index in [1.807, 2.05) is 60.7 Å². The standard InChI is InChI=1S/C14H12N4/c15-14-13(11-7-3-1-4-8-11)16-17-18(14)12-9-5-2-6-10-12/h1-10H,15H2. The summed E-state index contributed by atoms with van der Waals surface area (Å²) >= 11 is 0. The molecule has 3 aromatic rings. The predicted octanol–water partition coefficient (Wildman–Crippen LogP) is 2.52. The lowest BCUT2D eigenvalue weighted by Crippen LogP contribution is -2.01. The van der Waals surface area contributed by atoms with Crippen LogP contribution in [0.25, 0.3) is 16.9 Å². The molecule has 4 heteroatoms. The van der Waals surface area contributed by atoms with E-state index < -0.39 is 0 Å². The third-order valence-electron chi connectivity index (χ3n) is 2.75. The molecule has 1 aromatic heterocycles. The molecule has 2 N–H and O–H groups in total. The highest BCUT2D eigenvalue weighted by Gasteiger charge is 2.11. The summed E-state index contributed by atoms with van der Waals surface area (Å²) in [5.74, 6) is 0.549. The molecule has 0 aliphatic carbocycles. The number of benzene rings is 2. The second-order valence-corrected chi connectivity index (χ2v) is 3.94. The van der Waals surface area contributed by atoms with Gasteiger partial charge in [-0.1, -0.05) is 53.7 Å². The van der Waals surface area contributed by atoms with Crippen LogP contribution in [0.15, 0.2) is 60.7 Å². The molecule has 0 amide bonds. The highest BCUT2D eigenvalue weighted by Crippen LogP contribution is 2.24. The number of anilines is 1. The van der Waals surface area contributed by atoms with E-state index >= 15 is 0 Å². The van der Waals surface area contributed by atoms with Gasteiger partial charge in [-0.15, -0.1) is 5.10 Å². The molecule has 0 aliphatic rings. The van der Waals surface area contributed by atoms with E-state index in [1.54, 1.807) is 4.68 Å². The van der Waals surface area contributed by atoms with Crippen LogP contribution in [0.1, 0.15) is 0 Å². The van der Waals surface area contributed by atoms with Crippen LogP contribution in [0.5, 0.6) is 0 Å². The Balaban J connectivity index is 2.09. The first-order chi connectivity index (χ1) is 8.86. The van der Waals surface area contributed by atoms with Gasteiger partial charge in [0.25, 0.3) is 0 Å². The summed E-state index contributed by atoms with van der Waals surface area (Å²) in [6, 6.07) is 19.5. The third kappa shape index (κ3) is 1.73. The van der Waals surface area contributed by atoms with E-state index in [9.17, 15) is 0 Å². The SMILES string of the molecule is Nc1c(-c2ccccc2)nnn1-c1ccccc1. The molecule has 3 rings (SSSR count). The van der Waals surface area contributed by atoms with Crippen LogP contribution in [0.3, 0.4) is 0 Å². The summed E-state index contributed by atoms with van der Waals surface area (Å²) < 4.78 is 1.64. The number of para-hydroxylation sites is 1. The van der Waals surface area contributed by atoms with E-state index in [2.05, 4.69) is 10.3 Å². The highest BCUT2D eigenvalue weighted by molar-refractivity contribution is 5.70. The number of aromatic nitrogens is 3. The van der Waals surface area contributed by atoms with Gasteiger partial charge in [0, 0.05) is 5.56 Å². The van der Waals surface area contributed by atoms with Crippen LogP contribution < -0.4 is 5.73 Å². The Morgan fingerprint density at radius 3 is 2.11 bits per heavy atom. The molecule has 0 aliphatic heterocycles. The number of rotatable bonds is 2. The van der Waals surface area contributed by atoms with Crippen LogP contribution in [0, 0.1) is 0 Å². The van der Waals surface area contributed by atoms with Crippen molar-refractivity contribution in [3.05, 3.63) is 60.7 Å². The molecular weight excluding hydrogens is 224 g/mol. The fraction of sp³-hybridized carbons (Fsp3) is 0. The van der Waals surface area contributed by atoms with Gasteiger partial charge in [0.2, 0.25) is 0 Å². The topological polar surface area (TPSA) is 56.7 Å². The van der Waals surface area contributed by atoms with Crippen molar-refractivity contribution in [1.82, 2.24) is 15.0 Å². The molecule has 0 saturated carbocycles. The lowest BCUT2D eigenvalue weighted by molar-refractivity contribution is 0.810. The molecule has 2 aromatic carbocycles. The second kappa shape index (κ2) is 4.33. The third-order valence-corrected chi connectivity index (χ3v) is 2.75. The molecule has 0 spiro atoms. The number of nitrogens with two attached hydrogens (primary N) is 1. The average Bonchev–Trinajstić information content (AvgIpc) is 2.83. The summed E-state index contributed by atoms with van der Waals surface area (Å²) in [6.07, 6.45) is 0. The normalized spacial score (nSPS) is 10.4. The molecule has 4 nitrogen and oxygen atoms in total. The summed E-state index contributed by atoms with van der Waals surface area (Å²) in [4.78, 5) is 0. The van der Waals surface area contributed by atoms with Crippen LogP contribution in [0.4, 0.5) is 5.82 Å². The number of hydrogen-bond acceptors (Lipinski definition) is 3. The Hall–Kier alpha value is -2.62. The minimum atomic E-state index is 0.549. The lowest BCUT2D eigenvalue weighted by atomic mass is 10.1. The average molecular weight is 236 g/mol. The Kier molecular flexibility index (Phi) is 2.53. The van der Waals surface area contributed by atoms with E-state index in [4.69, 9.17) is 5.73 Å². The lowest BCUT2D eigenvalue weighted by Gasteiger charge is -2.02. The maximum absolute atomic E-state index is 6.11. The van der Waals surface area contributed by atoms with E-state index in [1.165, 1.54) is 0 Å². The number of nitrogens with zero attached hydrogens (tertiary/aromatic N) is 3. The van der Waals surface area contributed by atoms with Gasteiger partial charge < -0.3 is 5.73 Å². The van der Waals surface area contributed by atoms with Crippen LogP contribution in [0.2, 0.25) is 0 Å². The fourth-order valence-electron chi connectivity index (χ4n) is 1.85. The molecule has 0 unspecified atom stereocenters. The van der Waals surface area contributed by atoms with E-state index in [-0.39, 0.29) is 0 Å². The van der Waals surface area contributed by atoms with Crippen molar-refractivity contribution >= 4 is 5.82 Å². The minimum Gasteiger partial charge on any atom is -0.382 e. The van der Waals surface area contributed by atoms with Crippen LogP contribution >= 0.6 is 0 Å². The van der Waals surface area contributed by atoms with Crippen molar-refractivity contribution in [1.29, 1.82) is 0 Å². The second-order valence-electron chi connectivity index (χ2n) is 3.94. The first-order valence-electron chi connectivity index (χ1n) is 5.68.